The molecule has 310 valence electrons. The molecule has 8 heteroatoms. The van der Waals surface area contributed by atoms with Crippen LogP contribution >= 0.6 is 0 Å². The first kappa shape index (κ1) is 50.8. The summed E-state index contributed by atoms with van der Waals surface area (Å²) in [6.07, 6.45) is 42.4. The Balaban J connectivity index is 4.29. The third kappa shape index (κ3) is 37.9. The lowest BCUT2D eigenvalue weighted by atomic mass is 10.1. The lowest BCUT2D eigenvalue weighted by molar-refractivity contribution is -0.159. The fraction of sp³-hybridized carbons (Fsp3) is 0.844. The van der Waals surface area contributed by atoms with E-state index in [9.17, 15) is 14.4 Å². The van der Waals surface area contributed by atoms with E-state index in [4.69, 9.17) is 20.9 Å². The maximum atomic E-state index is 12.7. The van der Waals surface area contributed by atoms with Crippen molar-refractivity contribution in [2.24, 2.45) is 11.5 Å². The monoisotopic (exact) mass is 748 g/mol. The van der Waals surface area contributed by atoms with Crippen molar-refractivity contribution >= 4 is 17.8 Å². The van der Waals surface area contributed by atoms with Gasteiger partial charge in [0, 0.05) is 12.8 Å². The van der Waals surface area contributed by atoms with Crippen molar-refractivity contribution in [3.8, 4) is 0 Å². The van der Waals surface area contributed by atoms with Crippen LogP contribution in [0.4, 0.5) is 0 Å². The molecule has 8 nitrogen and oxygen atoms in total. The largest absolute Gasteiger partial charge is 0.462 e. The van der Waals surface area contributed by atoms with Crippen LogP contribution in [0.3, 0.4) is 0 Å². The first-order chi connectivity index (χ1) is 25.9. The number of nitrogens with one attached hydrogen (secondary N) is 1. The van der Waals surface area contributed by atoms with Crippen LogP contribution in [0.15, 0.2) is 24.3 Å². The number of allylic oxidation sites excluding steroid dienone is 4. The molecule has 0 fully saturated rings. The number of hydrogen-bond donors (Lipinski definition) is 3. The smallest absolute Gasteiger partial charge is 0.306 e. The number of carbonyl (C=O) groups is 3. The number of ether oxygens (including phenoxy) is 2. The topological polar surface area (TPSA) is 134 Å². The van der Waals surface area contributed by atoms with E-state index in [1.165, 1.54) is 109 Å². The van der Waals surface area contributed by atoms with Crippen molar-refractivity contribution in [3.05, 3.63) is 24.3 Å². The summed E-state index contributed by atoms with van der Waals surface area (Å²) in [5.41, 5.74) is 11.6. The van der Waals surface area contributed by atoms with Gasteiger partial charge in [0.25, 0.3) is 0 Å². The summed E-state index contributed by atoms with van der Waals surface area (Å²) in [7, 11) is 0. The van der Waals surface area contributed by atoms with Gasteiger partial charge in [0.2, 0.25) is 5.91 Å². The summed E-state index contributed by atoms with van der Waals surface area (Å²) < 4.78 is 11.2. The molecular formula is C45H85N3O5. The van der Waals surface area contributed by atoms with Gasteiger partial charge in [0.15, 0.2) is 6.10 Å². The molecule has 2 unspecified atom stereocenters. The number of hydrogen-bond acceptors (Lipinski definition) is 7. The van der Waals surface area contributed by atoms with Gasteiger partial charge in [-0.3, -0.25) is 14.4 Å². The van der Waals surface area contributed by atoms with Gasteiger partial charge in [-0.25, -0.2) is 0 Å². The Morgan fingerprint density at radius 3 is 1.42 bits per heavy atom. The molecule has 0 aliphatic rings. The predicted octanol–water partition coefficient (Wildman–Crippen LogP) is 11.1. The van der Waals surface area contributed by atoms with E-state index in [1.807, 2.05) is 0 Å². The highest BCUT2D eigenvalue weighted by atomic mass is 16.6. The number of rotatable bonds is 40. The van der Waals surface area contributed by atoms with Crippen LogP contribution in [0.5, 0.6) is 0 Å². The molecular weight excluding hydrogens is 663 g/mol. The van der Waals surface area contributed by atoms with E-state index in [0.29, 0.717) is 25.8 Å². The van der Waals surface area contributed by atoms with Crippen LogP contribution in [0.1, 0.15) is 213 Å². The number of nitrogens with two attached hydrogens (primary N) is 2. The Bertz CT molecular complexity index is 893. The first-order valence-electron chi connectivity index (χ1n) is 22.3. The Labute approximate surface area is 326 Å². The van der Waals surface area contributed by atoms with Crippen LogP contribution in [-0.2, 0) is 23.9 Å². The predicted molar refractivity (Wildman–Crippen MR) is 224 cm³/mol. The standard InChI is InChI=1S/C45H85N3O5/c1-3-5-7-9-11-13-15-17-19-21-23-25-27-29-31-36-43(49)52-40-41(39-48-45(51)42(47)35-33-34-38-46)53-44(50)37-32-30-28-26-24-22-20-18-16-14-12-10-8-6-4-2/h17-20,41-42H,3-16,21-40,46-47H2,1-2H3,(H,48,51). The third-order valence-electron chi connectivity index (χ3n) is 9.82. The summed E-state index contributed by atoms with van der Waals surface area (Å²) in [5, 5.41) is 2.79. The molecule has 0 aromatic carbocycles. The van der Waals surface area contributed by atoms with E-state index < -0.39 is 12.1 Å². The quantitative estimate of drug-likeness (QED) is 0.0323. The fourth-order valence-corrected chi connectivity index (χ4v) is 6.30. The molecule has 0 aromatic heterocycles. The van der Waals surface area contributed by atoms with E-state index in [0.717, 1.165) is 70.6 Å². The molecule has 0 saturated heterocycles. The molecule has 0 aliphatic carbocycles. The number of esters is 2. The lowest BCUT2D eigenvalue weighted by Gasteiger charge is -2.20. The van der Waals surface area contributed by atoms with Crippen molar-refractivity contribution in [3.63, 3.8) is 0 Å². The molecule has 0 radical (unpaired) electrons. The molecule has 53 heavy (non-hydrogen) atoms. The lowest BCUT2D eigenvalue weighted by Crippen LogP contribution is -2.45. The average molecular weight is 748 g/mol. The minimum Gasteiger partial charge on any atom is -0.462 e. The molecule has 0 aromatic rings. The zero-order valence-electron chi connectivity index (χ0n) is 34.7. The van der Waals surface area contributed by atoms with Crippen molar-refractivity contribution in [1.82, 2.24) is 5.32 Å². The fourth-order valence-electron chi connectivity index (χ4n) is 6.30. The Kier molecular flexibility index (Phi) is 39.3. The summed E-state index contributed by atoms with van der Waals surface area (Å²) in [5.74, 6) is -0.937. The highest BCUT2D eigenvalue weighted by molar-refractivity contribution is 5.81. The zero-order chi connectivity index (χ0) is 38.9. The number of unbranched alkanes of at least 4 members (excludes halogenated alkanes) is 23. The average Bonchev–Trinajstić information content (AvgIpc) is 3.15. The van der Waals surface area contributed by atoms with Gasteiger partial charge in [0.1, 0.15) is 6.61 Å². The van der Waals surface area contributed by atoms with Crippen molar-refractivity contribution in [1.29, 1.82) is 0 Å². The summed E-state index contributed by atoms with van der Waals surface area (Å²) in [6, 6.07) is -0.655. The van der Waals surface area contributed by atoms with Gasteiger partial charge >= 0.3 is 11.9 Å². The van der Waals surface area contributed by atoms with Crippen molar-refractivity contribution in [2.75, 3.05) is 19.7 Å². The van der Waals surface area contributed by atoms with E-state index in [2.05, 4.69) is 43.5 Å². The van der Waals surface area contributed by atoms with Crippen LogP contribution in [0.2, 0.25) is 0 Å². The molecule has 1 amide bonds. The van der Waals surface area contributed by atoms with Crippen LogP contribution in [-0.4, -0.2) is 49.7 Å². The summed E-state index contributed by atoms with van der Waals surface area (Å²) in [4.78, 5) is 37.7. The maximum Gasteiger partial charge on any atom is 0.306 e. The Hall–Kier alpha value is -2.19. The second-order valence-corrected chi connectivity index (χ2v) is 15.1. The Morgan fingerprint density at radius 2 is 0.962 bits per heavy atom. The SMILES string of the molecule is CCCCCCCCC=CCCCCCCCC(=O)OCC(CNC(=O)C(N)CCCCN)OC(=O)CCCCCCCC=CCCCCCCCC. The van der Waals surface area contributed by atoms with Crippen LogP contribution in [0.25, 0.3) is 0 Å². The third-order valence-corrected chi connectivity index (χ3v) is 9.82. The van der Waals surface area contributed by atoms with Crippen molar-refractivity contribution < 1.29 is 23.9 Å². The molecule has 0 heterocycles. The van der Waals surface area contributed by atoms with Gasteiger partial charge in [-0.2, -0.15) is 0 Å². The van der Waals surface area contributed by atoms with Crippen molar-refractivity contribution in [2.45, 2.75) is 225 Å². The van der Waals surface area contributed by atoms with Gasteiger partial charge in [-0.1, -0.05) is 147 Å². The van der Waals surface area contributed by atoms with Gasteiger partial charge in [0.05, 0.1) is 12.6 Å². The summed E-state index contributed by atoms with van der Waals surface area (Å²) >= 11 is 0. The Morgan fingerprint density at radius 1 is 0.547 bits per heavy atom. The number of carbonyl (C=O) groups excluding carboxylic acids is 3. The molecule has 0 aliphatic heterocycles. The maximum absolute atomic E-state index is 12.7. The molecule has 0 saturated carbocycles. The molecule has 0 bridgehead atoms. The van der Waals surface area contributed by atoms with Gasteiger partial charge < -0.3 is 26.3 Å². The number of amides is 1. The van der Waals surface area contributed by atoms with E-state index in [-0.39, 0.29) is 31.0 Å². The van der Waals surface area contributed by atoms with E-state index in [1.54, 1.807) is 0 Å². The molecule has 5 N–H and O–H groups in total. The van der Waals surface area contributed by atoms with Gasteiger partial charge in [-0.15, -0.1) is 0 Å². The zero-order valence-corrected chi connectivity index (χ0v) is 34.7. The molecule has 2 atom stereocenters. The van der Waals surface area contributed by atoms with Crippen LogP contribution in [0, 0.1) is 0 Å². The molecule has 0 rings (SSSR count). The van der Waals surface area contributed by atoms with Crippen LogP contribution < -0.4 is 16.8 Å². The second kappa shape index (κ2) is 41.0. The minimum absolute atomic E-state index is 0.0578. The second-order valence-electron chi connectivity index (χ2n) is 15.1. The van der Waals surface area contributed by atoms with Gasteiger partial charge in [-0.05, 0) is 83.6 Å². The summed E-state index contributed by atoms with van der Waals surface area (Å²) in [6.45, 7) is 5.05. The normalized spacial score (nSPS) is 12.8. The van der Waals surface area contributed by atoms with E-state index >= 15 is 0 Å². The minimum atomic E-state index is -0.746. The first-order valence-corrected chi connectivity index (χ1v) is 22.3. The highest BCUT2D eigenvalue weighted by Crippen LogP contribution is 2.13. The molecule has 0 spiro atoms. The highest BCUT2D eigenvalue weighted by Gasteiger charge is 2.20.